The molecule has 0 aliphatic rings. The molecule has 1 unspecified atom stereocenters. The summed E-state index contributed by atoms with van der Waals surface area (Å²) in [5.74, 6) is -0.240. The Bertz CT molecular complexity index is 798. The van der Waals surface area contributed by atoms with E-state index in [-0.39, 0.29) is 18.6 Å². The molecule has 0 aliphatic carbocycles. The molecule has 6 heteroatoms. The number of aliphatic hydroxyl groups is 1. The Hall–Kier alpha value is -2.15. The fraction of sp³-hybridized carbons (Fsp3) is 0.278. The topological polar surface area (TPSA) is 91.1 Å². The molecule has 0 fully saturated rings. The molecular weight excluding hydrogens is 322 g/mol. The summed E-state index contributed by atoms with van der Waals surface area (Å²) in [4.78, 5) is 16.7. The lowest BCUT2D eigenvalue weighted by molar-refractivity contribution is -0.123. The highest BCUT2D eigenvalue weighted by Gasteiger charge is 2.20. The van der Waals surface area contributed by atoms with E-state index in [1.165, 1.54) is 0 Å². The molecule has 1 aromatic carbocycles. The zero-order chi connectivity index (χ0) is 16.9. The number of H-pyrrole nitrogens is 1. The molecule has 1 amide bonds. The van der Waals surface area contributed by atoms with Crippen molar-refractivity contribution in [2.75, 3.05) is 6.61 Å². The number of amides is 1. The maximum Gasteiger partial charge on any atom is 0.237 e. The van der Waals surface area contributed by atoms with Crippen LogP contribution in [-0.2, 0) is 17.6 Å². The molecule has 3 aromatic rings. The number of aromatic nitrogens is 1. The Morgan fingerprint density at radius 1 is 1.25 bits per heavy atom. The number of rotatable bonds is 7. The van der Waals surface area contributed by atoms with Crippen LogP contribution in [-0.4, -0.2) is 34.7 Å². The maximum atomic E-state index is 12.3. The summed E-state index contributed by atoms with van der Waals surface area (Å²) in [6.07, 6.45) is 2.96. The van der Waals surface area contributed by atoms with E-state index in [4.69, 9.17) is 5.73 Å². The highest BCUT2D eigenvalue weighted by atomic mass is 32.1. The van der Waals surface area contributed by atoms with Crippen LogP contribution in [0.25, 0.3) is 10.9 Å². The van der Waals surface area contributed by atoms with E-state index in [1.807, 2.05) is 48.0 Å². The van der Waals surface area contributed by atoms with E-state index in [0.717, 1.165) is 21.3 Å². The number of hydrogen-bond acceptors (Lipinski definition) is 4. The van der Waals surface area contributed by atoms with Crippen molar-refractivity contribution in [2.45, 2.75) is 24.9 Å². The lowest BCUT2D eigenvalue weighted by Gasteiger charge is -2.18. The number of aromatic amines is 1. The Morgan fingerprint density at radius 2 is 2.08 bits per heavy atom. The van der Waals surface area contributed by atoms with E-state index in [9.17, 15) is 9.90 Å². The summed E-state index contributed by atoms with van der Waals surface area (Å²) in [5, 5.41) is 15.4. The lowest BCUT2D eigenvalue weighted by Crippen LogP contribution is -2.48. The first-order valence-electron chi connectivity index (χ1n) is 7.91. The average Bonchev–Trinajstić information content (AvgIpc) is 3.24. The SMILES string of the molecule is N[C@@H](Cc1c[nH]c2ccccc12)C(=O)NC(CO)Cc1cccs1. The van der Waals surface area contributed by atoms with Crippen LogP contribution < -0.4 is 11.1 Å². The van der Waals surface area contributed by atoms with Crippen molar-refractivity contribution in [1.29, 1.82) is 0 Å². The molecule has 0 bridgehead atoms. The highest BCUT2D eigenvalue weighted by molar-refractivity contribution is 7.09. The van der Waals surface area contributed by atoms with Gasteiger partial charge in [0.05, 0.1) is 18.7 Å². The minimum Gasteiger partial charge on any atom is -0.394 e. The standard InChI is InChI=1S/C18H21N3O2S/c19-16(8-12-10-20-17-6-2-1-5-15(12)17)18(23)21-13(11-22)9-14-4-3-7-24-14/h1-7,10,13,16,20,22H,8-9,11,19H2,(H,21,23)/t13?,16-/m0/s1. The number of carbonyl (C=O) groups excluding carboxylic acids is 1. The molecule has 0 aliphatic heterocycles. The molecule has 24 heavy (non-hydrogen) atoms. The molecule has 0 saturated carbocycles. The third-order valence-corrected chi connectivity index (χ3v) is 4.94. The Balaban J connectivity index is 1.61. The first-order chi connectivity index (χ1) is 11.7. The molecule has 5 nitrogen and oxygen atoms in total. The summed E-state index contributed by atoms with van der Waals surface area (Å²) in [7, 11) is 0. The van der Waals surface area contributed by atoms with Crippen molar-refractivity contribution in [1.82, 2.24) is 10.3 Å². The normalized spacial score (nSPS) is 13.8. The van der Waals surface area contributed by atoms with Gasteiger partial charge in [-0.1, -0.05) is 24.3 Å². The van der Waals surface area contributed by atoms with Crippen LogP contribution >= 0.6 is 11.3 Å². The number of aliphatic hydroxyl groups excluding tert-OH is 1. The van der Waals surface area contributed by atoms with Crippen molar-refractivity contribution >= 4 is 28.1 Å². The van der Waals surface area contributed by atoms with Gasteiger partial charge < -0.3 is 21.1 Å². The Kier molecular flexibility index (Phi) is 5.30. The van der Waals surface area contributed by atoms with Gasteiger partial charge in [0.1, 0.15) is 0 Å². The van der Waals surface area contributed by atoms with Gasteiger partial charge in [-0.3, -0.25) is 4.79 Å². The Labute approximate surface area is 144 Å². The summed E-state index contributed by atoms with van der Waals surface area (Å²) in [5.41, 5.74) is 8.12. The van der Waals surface area contributed by atoms with Crippen LogP contribution in [0.2, 0.25) is 0 Å². The molecule has 2 atom stereocenters. The second-order valence-corrected chi connectivity index (χ2v) is 6.87. The van der Waals surface area contributed by atoms with E-state index < -0.39 is 6.04 Å². The van der Waals surface area contributed by atoms with Gasteiger partial charge in [-0.05, 0) is 29.5 Å². The first kappa shape index (κ1) is 16.7. The van der Waals surface area contributed by atoms with Gasteiger partial charge >= 0.3 is 0 Å². The molecule has 2 aromatic heterocycles. The Morgan fingerprint density at radius 3 is 2.83 bits per heavy atom. The summed E-state index contributed by atoms with van der Waals surface area (Å²) >= 11 is 1.61. The number of carbonyl (C=O) groups is 1. The van der Waals surface area contributed by atoms with E-state index >= 15 is 0 Å². The van der Waals surface area contributed by atoms with Crippen molar-refractivity contribution in [3.8, 4) is 0 Å². The predicted molar refractivity (Wildman–Crippen MR) is 97.0 cm³/mol. The highest BCUT2D eigenvalue weighted by Crippen LogP contribution is 2.19. The lowest BCUT2D eigenvalue weighted by atomic mass is 10.0. The van der Waals surface area contributed by atoms with Crippen molar-refractivity contribution in [2.24, 2.45) is 5.73 Å². The first-order valence-corrected chi connectivity index (χ1v) is 8.79. The van der Waals surface area contributed by atoms with Gasteiger partial charge in [-0.15, -0.1) is 11.3 Å². The summed E-state index contributed by atoms with van der Waals surface area (Å²) < 4.78 is 0. The fourth-order valence-corrected chi connectivity index (χ4v) is 3.56. The number of para-hydroxylation sites is 1. The largest absolute Gasteiger partial charge is 0.394 e. The minimum atomic E-state index is -0.651. The molecule has 3 rings (SSSR count). The van der Waals surface area contributed by atoms with Crippen LogP contribution in [0.15, 0.2) is 48.0 Å². The molecule has 0 saturated heterocycles. The second kappa shape index (κ2) is 7.61. The quantitative estimate of drug-likeness (QED) is 0.527. The van der Waals surface area contributed by atoms with E-state index in [1.54, 1.807) is 11.3 Å². The fourth-order valence-electron chi connectivity index (χ4n) is 2.77. The number of thiophene rings is 1. The van der Waals surface area contributed by atoms with Crippen LogP contribution in [0.1, 0.15) is 10.4 Å². The molecule has 0 spiro atoms. The van der Waals surface area contributed by atoms with Crippen LogP contribution in [0.4, 0.5) is 0 Å². The van der Waals surface area contributed by atoms with Gasteiger partial charge in [0.2, 0.25) is 5.91 Å². The van der Waals surface area contributed by atoms with Crippen molar-refractivity contribution < 1.29 is 9.90 Å². The number of nitrogens with one attached hydrogen (secondary N) is 2. The van der Waals surface area contributed by atoms with Gasteiger partial charge in [-0.2, -0.15) is 0 Å². The third-order valence-electron chi connectivity index (χ3n) is 4.05. The number of nitrogens with two attached hydrogens (primary N) is 1. The van der Waals surface area contributed by atoms with Crippen LogP contribution in [0.3, 0.4) is 0 Å². The van der Waals surface area contributed by atoms with Crippen LogP contribution in [0, 0.1) is 0 Å². The average molecular weight is 343 g/mol. The number of benzene rings is 1. The van der Waals surface area contributed by atoms with Crippen molar-refractivity contribution in [3.05, 3.63) is 58.4 Å². The third kappa shape index (κ3) is 3.84. The molecule has 0 radical (unpaired) electrons. The van der Waals surface area contributed by atoms with Crippen LogP contribution in [0.5, 0.6) is 0 Å². The second-order valence-electron chi connectivity index (χ2n) is 5.84. The van der Waals surface area contributed by atoms with E-state index in [0.29, 0.717) is 12.8 Å². The smallest absolute Gasteiger partial charge is 0.237 e. The maximum absolute atomic E-state index is 12.3. The zero-order valence-corrected chi connectivity index (χ0v) is 14.1. The van der Waals surface area contributed by atoms with Gasteiger partial charge in [0.25, 0.3) is 0 Å². The zero-order valence-electron chi connectivity index (χ0n) is 13.2. The predicted octanol–water partition coefficient (Wildman–Crippen LogP) is 1.82. The molecule has 126 valence electrons. The molecule has 2 heterocycles. The van der Waals surface area contributed by atoms with Gasteiger partial charge in [0, 0.05) is 28.4 Å². The van der Waals surface area contributed by atoms with Gasteiger partial charge in [-0.25, -0.2) is 0 Å². The van der Waals surface area contributed by atoms with Crippen molar-refractivity contribution in [3.63, 3.8) is 0 Å². The summed E-state index contributed by atoms with van der Waals surface area (Å²) in [6, 6.07) is 10.9. The minimum absolute atomic E-state index is 0.108. The van der Waals surface area contributed by atoms with Gasteiger partial charge in [0.15, 0.2) is 0 Å². The van der Waals surface area contributed by atoms with E-state index in [2.05, 4.69) is 10.3 Å². The number of fused-ring (bicyclic) bond motifs is 1. The number of hydrogen-bond donors (Lipinski definition) is 4. The monoisotopic (exact) mass is 343 g/mol. The summed E-state index contributed by atoms with van der Waals surface area (Å²) in [6.45, 7) is -0.108. The molecular formula is C18H21N3O2S. The molecule has 5 N–H and O–H groups in total.